The SMILES string of the molecule is C=C1C[C@@H]2CC[C@@]34C[C@H]5O[C@H]6[C@@H](O3)[C@H]3O[C@H](CC[C@@H]3O[C@H]6[C@H]5O4)CC(=O)O[C@@H]3[C@@H](C)[C@@H]4O[C@@H]5C[C@@]6(C[C@@H]7O[C@]8(C[C@H](C)[C@@H]9O[C@H](CC(=O)CCO)[C@H](O)C[C@@H]9O8)C[C@H](C)[C@@H]7O6)O[C@@H]5C[C@@H]4O[C@H]3C[C@H]3O[C@@H](CC[C@@H]1O2)C[C@@H](C)C3=C. The molecule has 2 N–H and O–H groups in total. The van der Waals surface area contributed by atoms with Crippen LogP contribution in [0.15, 0.2) is 24.3 Å². The molecule has 0 aromatic carbocycles. The minimum Gasteiger partial charge on any atom is -0.459 e. The molecule has 16 aliphatic rings. The average Bonchev–Trinajstić information content (AvgIpc) is 4.25. The van der Waals surface area contributed by atoms with Crippen molar-refractivity contribution in [3.05, 3.63) is 24.3 Å². The molecule has 0 radical (unpaired) electrons. The van der Waals surface area contributed by atoms with E-state index >= 15 is 0 Å². The Bertz CT molecular complexity index is 2410. The smallest absolute Gasteiger partial charge is 0.308 e. The number of esters is 1. The van der Waals surface area contributed by atoms with E-state index in [-0.39, 0.29) is 159 Å². The third-order valence-corrected chi connectivity index (χ3v) is 22.0. The fourth-order valence-corrected chi connectivity index (χ4v) is 18.3. The van der Waals surface area contributed by atoms with Crippen LogP contribution in [0.1, 0.15) is 150 Å². The first-order chi connectivity index (χ1) is 38.5. The fraction of sp³-hybridized carbons (Fsp3) is 0.902. The summed E-state index contributed by atoms with van der Waals surface area (Å²) < 4.78 is 104. The zero-order valence-electron chi connectivity index (χ0n) is 47.1. The lowest BCUT2D eigenvalue weighted by molar-refractivity contribution is -0.371. The van der Waals surface area contributed by atoms with Crippen molar-refractivity contribution in [3.63, 3.8) is 0 Å². The van der Waals surface area contributed by atoms with Crippen LogP contribution in [-0.4, -0.2) is 192 Å². The highest BCUT2D eigenvalue weighted by atomic mass is 16.8. The van der Waals surface area contributed by atoms with Gasteiger partial charge in [-0.3, -0.25) is 9.59 Å². The topological polar surface area (TPSA) is 213 Å². The fourth-order valence-electron chi connectivity index (χ4n) is 18.3. The number of aliphatic hydroxyl groups excluding tert-OH is 2. The molecule has 0 aromatic heterocycles. The van der Waals surface area contributed by atoms with Crippen LogP contribution in [0.2, 0.25) is 0 Å². The quantitative estimate of drug-likeness (QED) is 0.262. The normalized spacial score (nSPS) is 56.9. The van der Waals surface area contributed by atoms with Crippen molar-refractivity contribution in [3.8, 4) is 0 Å². The summed E-state index contributed by atoms with van der Waals surface area (Å²) in [5.74, 6) is -3.05. The zero-order chi connectivity index (χ0) is 54.7. The lowest BCUT2D eigenvalue weighted by Crippen LogP contribution is -2.62. The number of carbonyl (C=O) groups excluding carboxylic acids is 2. The van der Waals surface area contributed by atoms with Gasteiger partial charge in [-0.15, -0.1) is 0 Å². The van der Waals surface area contributed by atoms with Crippen LogP contribution in [0.4, 0.5) is 0 Å². The van der Waals surface area contributed by atoms with Crippen LogP contribution < -0.4 is 0 Å². The van der Waals surface area contributed by atoms with Gasteiger partial charge in [0.15, 0.2) is 17.4 Å². The standard InChI is InChI=1S/C61H86O19/c1-27-15-34-7-9-38-28(2)16-36(66-38)11-13-59-25-47-55(79-59)56-57(73-47)58(80-59)54-39(70-56)10-8-35(68-54)18-49(65)74-53-32(6)52-44(69-43(53)20-40(67-34)31(27)5)21-42-46(72-52)24-61(75-42)26-48-51(78-61)30(4)23-60(77-48)22-29(3)50-45(76-60)19-37(64)41(71-50)17-33(63)12-14-62/h27,29-30,32,34-48,50-58,62,64H,2,5,7-26H2,1,3-4,6H3/t27-,29+,30+,32+,34+,35-,36+,37-,38+,39+,40-,41-,42-,43+,44+,45+,46-,47-,48+,50+,51+,52+,53-,54+,55+,56+,57-,58+,59+,60-,61-/m1/s1. The number of fused-ring (bicyclic) bond motifs is 10. The van der Waals surface area contributed by atoms with Gasteiger partial charge >= 0.3 is 5.97 Å². The van der Waals surface area contributed by atoms with Crippen molar-refractivity contribution < 1.29 is 90.9 Å². The monoisotopic (exact) mass is 1120 g/mol. The first-order valence-electron chi connectivity index (χ1n) is 31.2. The molecule has 16 aliphatic heterocycles. The van der Waals surface area contributed by atoms with E-state index in [1.807, 2.05) is 0 Å². The number of hydrogen-bond donors (Lipinski definition) is 2. The van der Waals surface area contributed by atoms with Gasteiger partial charge in [-0.2, -0.15) is 0 Å². The van der Waals surface area contributed by atoms with Crippen LogP contribution >= 0.6 is 0 Å². The Labute approximate surface area is 469 Å². The average molecular weight is 1120 g/mol. The Morgan fingerprint density at radius 3 is 2.05 bits per heavy atom. The lowest BCUT2D eigenvalue weighted by atomic mass is 9.78. The summed E-state index contributed by atoms with van der Waals surface area (Å²) in [6.07, 6.45) is 2.59. The van der Waals surface area contributed by atoms with Gasteiger partial charge in [0.2, 0.25) is 0 Å². The summed E-state index contributed by atoms with van der Waals surface area (Å²) in [7, 11) is 0. The summed E-state index contributed by atoms with van der Waals surface area (Å²) in [5, 5.41) is 20.4. The molecule has 0 saturated carbocycles. The van der Waals surface area contributed by atoms with E-state index in [9.17, 15) is 19.8 Å². The summed E-state index contributed by atoms with van der Waals surface area (Å²) >= 11 is 0. The molecule has 12 bridgehead atoms. The molecule has 444 valence electrons. The van der Waals surface area contributed by atoms with Crippen LogP contribution in [0.5, 0.6) is 0 Å². The summed E-state index contributed by atoms with van der Waals surface area (Å²) in [4.78, 5) is 27.0. The number of Topliss-reactive ketones (excluding diaryl/α,β-unsaturated/α-hetero) is 1. The summed E-state index contributed by atoms with van der Waals surface area (Å²) in [6.45, 7) is 17.6. The molecule has 16 rings (SSSR count). The van der Waals surface area contributed by atoms with Gasteiger partial charge in [-0.05, 0) is 73.8 Å². The van der Waals surface area contributed by atoms with E-state index in [4.69, 9.17) is 71.1 Å². The number of aliphatic hydroxyl groups is 2. The second kappa shape index (κ2) is 20.6. The Kier molecular flexibility index (Phi) is 14.0. The van der Waals surface area contributed by atoms with Gasteiger partial charge in [-0.25, -0.2) is 0 Å². The molecular formula is C61H86O19. The van der Waals surface area contributed by atoms with Gasteiger partial charge in [0.25, 0.3) is 0 Å². The van der Waals surface area contributed by atoms with Crippen molar-refractivity contribution in [2.75, 3.05) is 6.61 Å². The van der Waals surface area contributed by atoms with E-state index in [0.29, 0.717) is 64.2 Å². The minimum absolute atomic E-state index is 0.0122. The molecule has 0 aliphatic carbocycles. The van der Waals surface area contributed by atoms with Crippen LogP contribution in [0.3, 0.4) is 0 Å². The van der Waals surface area contributed by atoms with Crippen LogP contribution in [0.25, 0.3) is 0 Å². The summed E-state index contributed by atoms with van der Waals surface area (Å²) in [5.41, 5.74) is 2.15. The molecule has 0 unspecified atom stereocenters. The molecular weight excluding hydrogens is 1040 g/mol. The van der Waals surface area contributed by atoms with Crippen molar-refractivity contribution in [2.24, 2.45) is 23.7 Å². The molecule has 3 spiro atoms. The molecule has 31 atom stereocenters. The highest BCUT2D eigenvalue weighted by Crippen LogP contribution is 2.58. The predicted octanol–water partition coefficient (Wildman–Crippen LogP) is 5.52. The second-order valence-corrected chi connectivity index (χ2v) is 27.7. The van der Waals surface area contributed by atoms with Crippen molar-refractivity contribution in [1.29, 1.82) is 0 Å². The molecule has 0 amide bonds. The van der Waals surface area contributed by atoms with Crippen LogP contribution in [-0.2, 0) is 80.6 Å². The van der Waals surface area contributed by atoms with Crippen LogP contribution in [0, 0.1) is 23.7 Å². The predicted molar refractivity (Wildman–Crippen MR) is 277 cm³/mol. The third kappa shape index (κ3) is 9.51. The first kappa shape index (κ1) is 54.6. The maximum atomic E-state index is 14.6. The number of rotatable bonds is 4. The minimum atomic E-state index is -0.939. The highest BCUT2D eigenvalue weighted by Gasteiger charge is 2.70. The maximum Gasteiger partial charge on any atom is 0.308 e. The Balaban J connectivity index is 0.652. The molecule has 0 aromatic rings. The zero-order valence-corrected chi connectivity index (χ0v) is 47.1. The molecule has 16 fully saturated rings. The Morgan fingerprint density at radius 1 is 0.525 bits per heavy atom. The lowest BCUT2D eigenvalue weighted by Gasteiger charge is -2.54. The van der Waals surface area contributed by atoms with Crippen molar-refractivity contribution >= 4 is 11.8 Å². The van der Waals surface area contributed by atoms with Crippen molar-refractivity contribution in [1.82, 2.24) is 0 Å². The summed E-state index contributed by atoms with van der Waals surface area (Å²) in [6, 6.07) is 0. The number of carbonyl (C=O) groups is 2. The Morgan fingerprint density at radius 2 is 1.20 bits per heavy atom. The second-order valence-electron chi connectivity index (χ2n) is 27.7. The number of ether oxygens (including phenoxy) is 15. The maximum absolute atomic E-state index is 14.6. The van der Waals surface area contributed by atoms with E-state index in [1.165, 1.54) is 0 Å². The van der Waals surface area contributed by atoms with E-state index in [2.05, 4.69) is 40.9 Å². The van der Waals surface area contributed by atoms with Gasteiger partial charge in [0.1, 0.15) is 42.4 Å². The largest absolute Gasteiger partial charge is 0.459 e. The van der Waals surface area contributed by atoms with Gasteiger partial charge in [0.05, 0.1) is 116 Å². The number of ketones is 1. The van der Waals surface area contributed by atoms with E-state index in [0.717, 1.165) is 49.7 Å². The number of hydrogen-bond acceptors (Lipinski definition) is 19. The van der Waals surface area contributed by atoms with Gasteiger partial charge < -0.3 is 81.3 Å². The van der Waals surface area contributed by atoms with Gasteiger partial charge in [0, 0.05) is 83.2 Å². The molecule has 19 heteroatoms. The first-order valence-corrected chi connectivity index (χ1v) is 31.2. The van der Waals surface area contributed by atoms with Crippen molar-refractivity contribution in [2.45, 2.75) is 314 Å². The van der Waals surface area contributed by atoms with Gasteiger partial charge in [-0.1, -0.05) is 40.9 Å². The van der Waals surface area contributed by atoms with E-state index in [1.54, 1.807) is 0 Å². The molecule has 16 saturated heterocycles. The Hall–Kier alpha value is -2.02. The molecule has 80 heavy (non-hydrogen) atoms. The third-order valence-electron chi connectivity index (χ3n) is 22.0. The highest BCUT2D eigenvalue weighted by molar-refractivity contribution is 5.79. The molecule has 19 nitrogen and oxygen atoms in total. The molecule has 16 heterocycles. The van der Waals surface area contributed by atoms with E-state index < -0.39 is 66.2 Å².